The summed E-state index contributed by atoms with van der Waals surface area (Å²) in [6, 6.07) is 15.5. The Morgan fingerprint density at radius 3 is 2.36 bits per heavy atom. The first-order valence-corrected chi connectivity index (χ1v) is 7.79. The molecular weight excluding hydrogens is 393 g/mol. The molecule has 22 heavy (non-hydrogen) atoms. The highest BCUT2D eigenvalue weighted by atomic mass is 127. The third-order valence-electron chi connectivity index (χ3n) is 3.09. The lowest BCUT2D eigenvalue weighted by Crippen LogP contribution is -1.95. The quantitative estimate of drug-likeness (QED) is 0.583. The van der Waals surface area contributed by atoms with Crippen LogP contribution >= 0.6 is 22.6 Å². The molecule has 0 saturated carbocycles. The van der Waals surface area contributed by atoms with E-state index < -0.39 is 0 Å². The van der Waals surface area contributed by atoms with Crippen LogP contribution in [0.25, 0.3) is 11.5 Å². The molecule has 3 rings (SSSR count). The molecule has 0 aliphatic rings. The fourth-order valence-corrected chi connectivity index (χ4v) is 2.29. The lowest BCUT2D eigenvalue weighted by molar-refractivity contribution is 0.301. The van der Waals surface area contributed by atoms with Crippen molar-refractivity contribution >= 4 is 22.6 Å². The van der Waals surface area contributed by atoms with Crippen LogP contribution in [0, 0.1) is 3.57 Å². The summed E-state index contributed by atoms with van der Waals surface area (Å²) in [5.74, 6) is 2.19. The monoisotopic (exact) mass is 407 g/mol. The molecule has 0 fully saturated rings. The van der Waals surface area contributed by atoms with Crippen molar-refractivity contribution in [1.82, 2.24) is 4.98 Å². The van der Waals surface area contributed by atoms with Crippen molar-refractivity contribution in [2.45, 2.75) is 6.61 Å². The maximum atomic E-state index is 5.69. The molecule has 3 aromatic rings. The summed E-state index contributed by atoms with van der Waals surface area (Å²) in [7, 11) is 1.64. The molecule has 0 N–H and O–H groups in total. The maximum absolute atomic E-state index is 5.69. The highest BCUT2D eigenvalue weighted by Crippen LogP contribution is 2.22. The Morgan fingerprint density at radius 1 is 1.00 bits per heavy atom. The van der Waals surface area contributed by atoms with Crippen LogP contribution in [0.1, 0.15) is 5.69 Å². The number of hydrogen-bond donors (Lipinski definition) is 0. The topological polar surface area (TPSA) is 44.5 Å². The summed E-state index contributed by atoms with van der Waals surface area (Å²) in [4.78, 5) is 4.43. The van der Waals surface area contributed by atoms with Crippen LogP contribution in [0.2, 0.25) is 0 Å². The van der Waals surface area contributed by atoms with Crippen molar-refractivity contribution in [3.63, 3.8) is 0 Å². The van der Waals surface area contributed by atoms with Crippen LogP contribution < -0.4 is 9.47 Å². The van der Waals surface area contributed by atoms with Gasteiger partial charge in [-0.1, -0.05) is 0 Å². The molecule has 0 bridgehead atoms. The largest absolute Gasteiger partial charge is 0.497 e. The van der Waals surface area contributed by atoms with Gasteiger partial charge in [-0.15, -0.1) is 0 Å². The first kappa shape index (κ1) is 14.9. The second-order valence-corrected chi connectivity index (χ2v) is 5.86. The fraction of sp³-hybridized carbons (Fsp3) is 0.118. The number of rotatable bonds is 5. The fourth-order valence-electron chi connectivity index (χ4n) is 1.93. The van der Waals surface area contributed by atoms with Gasteiger partial charge in [0.05, 0.1) is 7.11 Å². The van der Waals surface area contributed by atoms with Crippen molar-refractivity contribution < 1.29 is 13.9 Å². The van der Waals surface area contributed by atoms with Gasteiger partial charge in [-0.05, 0) is 71.1 Å². The van der Waals surface area contributed by atoms with Gasteiger partial charge in [0.15, 0.2) is 0 Å². The van der Waals surface area contributed by atoms with Gasteiger partial charge in [-0.25, -0.2) is 4.98 Å². The smallest absolute Gasteiger partial charge is 0.226 e. The molecule has 0 amide bonds. The summed E-state index contributed by atoms with van der Waals surface area (Å²) >= 11 is 2.26. The Kier molecular flexibility index (Phi) is 4.62. The van der Waals surface area contributed by atoms with E-state index in [1.54, 1.807) is 13.4 Å². The number of benzene rings is 2. The van der Waals surface area contributed by atoms with Crippen LogP contribution in [0.4, 0.5) is 0 Å². The Labute approximate surface area is 142 Å². The van der Waals surface area contributed by atoms with Crippen LogP contribution in [0.5, 0.6) is 11.5 Å². The number of oxazole rings is 1. The van der Waals surface area contributed by atoms with E-state index in [1.807, 2.05) is 48.5 Å². The van der Waals surface area contributed by atoms with Crippen LogP contribution in [-0.2, 0) is 6.61 Å². The van der Waals surface area contributed by atoms with Crippen molar-refractivity contribution in [2.75, 3.05) is 7.11 Å². The second-order valence-electron chi connectivity index (χ2n) is 4.62. The van der Waals surface area contributed by atoms with Gasteiger partial charge in [-0.2, -0.15) is 0 Å². The lowest BCUT2D eigenvalue weighted by atomic mass is 10.2. The van der Waals surface area contributed by atoms with E-state index >= 15 is 0 Å². The molecule has 1 heterocycles. The van der Waals surface area contributed by atoms with Gasteiger partial charge < -0.3 is 13.9 Å². The van der Waals surface area contributed by atoms with Crippen molar-refractivity contribution in [3.05, 3.63) is 64.1 Å². The predicted octanol–water partition coefficient (Wildman–Crippen LogP) is 4.53. The number of hydrogen-bond acceptors (Lipinski definition) is 4. The van der Waals surface area contributed by atoms with Gasteiger partial charge >= 0.3 is 0 Å². The van der Waals surface area contributed by atoms with E-state index in [-0.39, 0.29) is 0 Å². The zero-order chi connectivity index (χ0) is 15.4. The van der Waals surface area contributed by atoms with Gasteiger partial charge in [0.1, 0.15) is 30.1 Å². The molecule has 0 aliphatic heterocycles. The summed E-state index contributed by atoms with van der Waals surface area (Å²) in [6.45, 7) is 0.375. The third kappa shape index (κ3) is 3.59. The second kappa shape index (κ2) is 6.83. The number of aromatic nitrogens is 1. The minimum absolute atomic E-state index is 0.375. The van der Waals surface area contributed by atoms with Crippen molar-refractivity contribution in [2.24, 2.45) is 0 Å². The minimum Gasteiger partial charge on any atom is -0.497 e. The van der Waals surface area contributed by atoms with E-state index in [1.165, 1.54) is 3.57 Å². The maximum Gasteiger partial charge on any atom is 0.226 e. The van der Waals surface area contributed by atoms with Gasteiger partial charge in [0.2, 0.25) is 5.89 Å². The van der Waals surface area contributed by atoms with E-state index in [2.05, 4.69) is 27.6 Å². The average molecular weight is 407 g/mol. The Bertz CT molecular complexity index is 735. The SMILES string of the molecule is COc1ccc(-c2nc(COc3ccc(I)cc3)co2)cc1. The first-order chi connectivity index (χ1) is 10.7. The van der Waals surface area contributed by atoms with Crippen molar-refractivity contribution in [1.29, 1.82) is 0 Å². The molecule has 0 saturated heterocycles. The molecule has 5 heteroatoms. The van der Waals surface area contributed by atoms with E-state index in [0.717, 1.165) is 22.8 Å². The molecule has 1 aromatic heterocycles. The number of ether oxygens (including phenoxy) is 2. The third-order valence-corrected chi connectivity index (χ3v) is 3.81. The number of methoxy groups -OCH3 is 1. The number of halogens is 1. The standard InChI is InChI=1S/C17H14INO3/c1-20-15-6-2-12(3-7-15)17-19-14(11-22-17)10-21-16-8-4-13(18)5-9-16/h2-9,11H,10H2,1H3. The van der Waals surface area contributed by atoms with Crippen LogP contribution in [0.15, 0.2) is 59.2 Å². The summed E-state index contributed by atoms with van der Waals surface area (Å²) in [5.41, 5.74) is 1.66. The molecule has 0 spiro atoms. The molecular formula is C17H14INO3. The molecule has 4 nitrogen and oxygen atoms in total. The zero-order valence-electron chi connectivity index (χ0n) is 12.0. The molecule has 0 radical (unpaired) electrons. The lowest BCUT2D eigenvalue weighted by Gasteiger charge is -2.03. The molecule has 0 atom stereocenters. The van der Waals surface area contributed by atoms with Crippen LogP contribution in [0.3, 0.4) is 0 Å². The van der Waals surface area contributed by atoms with E-state index in [9.17, 15) is 0 Å². The molecule has 2 aromatic carbocycles. The van der Waals surface area contributed by atoms with Crippen molar-refractivity contribution in [3.8, 4) is 23.0 Å². The zero-order valence-corrected chi connectivity index (χ0v) is 14.1. The Balaban J connectivity index is 1.66. The highest BCUT2D eigenvalue weighted by molar-refractivity contribution is 14.1. The first-order valence-electron chi connectivity index (χ1n) is 6.72. The Hall–Kier alpha value is -2.02. The summed E-state index contributed by atoms with van der Waals surface area (Å²) < 4.78 is 17.5. The predicted molar refractivity (Wildman–Crippen MR) is 92.0 cm³/mol. The highest BCUT2D eigenvalue weighted by Gasteiger charge is 2.07. The summed E-state index contributed by atoms with van der Waals surface area (Å²) in [6.07, 6.45) is 1.62. The Morgan fingerprint density at radius 2 is 1.68 bits per heavy atom. The van der Waals surface area contributed by atoms with Crippen LogP contribution in [-0.4, -0.2) is 12.1 Å². The van der Waals surface area contributed by atoms with Gasteiger partial charge in [-0.3, -0.25) is 0 Å². The number of nitrogens with zero attached hydrogens (tertiary/aromatic N) is 1. The van der Waals surface area contributed by atoms with E-state index in [4.69, 9.17) is 13.9 Å². The van der Waals surface area contributed by atoms with Gasteiger partial charge in [0.25, 0.3) is 0 Å². The molecule has 0 unspecified atom stereocenters. The van der Waals surface area contributed by atoms with Gasteiger partial charge in [0, 0.05) is 9.13 Å². The average Bonchev–Trinajstić information content (AvgIpc) is 3.03. The summed E-state index contributed by atoms with van der Waals surface area (Å²) in [5, 5.41) is 0. The molecule has 112 valence electrons. The van der Waals surface area contributed by atoms with E-state index in [0.29, 0.717) is 12.5 Å². The normalized spacial score (nSPS) is 10.5. The molecule has 0 aliphatic carbocycles. The minimum atomic E-state index is 0.375.